The maximum Gasteiger partial charge on any atom is 0.114 e. The molecular formula is C15H14ClN3. The number of rotatable bonds is 2. The Morgan fingerprint density at radius 2 is 2.05 bits per heavy atom. The lowest BCUT2D eigenvalue weighted by molar-refractivity contribution is 0.845. The van der Waals surface area contributed by atoms with Crippen LogP contribution < -0.4 is 5.73 Å². The van der Waals surface area contributed by atoms with Crippen LogP contribution in [0.15, 0.2) is 42.5 Å². The van der Waals surface area contributed by atoms with E-state index in [1.165, 1.54) is 0 Å². The summed E-state index contributed by atoms with van der Waals surface area (Å²) in [6.07, 6.45) is 0.758. The molecule has 3 nitrogen and oxygen atoms in total. The molecule has 0 fully saturated rings. The van der Waals surface area contributed by atoms with Gasteiger partial charge in [-0.05, 0) is 35.9 Å². The summed E-state index contributed by atoms with van der Waals surface area (Å²) < 4.78 is 2.07. The van der Waals surface area contributed by atoms with Crippen LogP contribution in [0.4, 0.5) is 5.69 Å². The highest BCUT2D eigenvalue weighted by Crippen LogP contribution is 2.21. The molecule has 2 N–H and O–H groups in total. The topological polar surface area (TPSA) is 43.8 Å². The number of hydrogen-bond acceptors (Lipinski definition) is 2. The lowest BCUT2D eigenvalue weighted by Crippen LogP contribution is -1.99. The van der Waals surface area contributed by atoms with Gasteiger partial charge in [-0.3, -0.25) is 0 Å². The van der Waals surface area contributed by atoms with Gasteiger partial charge in [0.1, 0.15) is 5.82 Å². The number of anilines is 1. The summed E-state index contributed by atoms with van der Waals surface area (Å²) in [4.78, 5) is 4.64. The minimum atomic E-state index is 0.728. The Kier molecular flexibility index (Phi) is 2.91. The fourth-order valence-electron chi connectivity index (χ4n) is 2.26. The van der Waals surface area contributed by atoms with Gasteiger partial charge in [-0.15, -0.1) is 0 Å². The molecule has 0 saturated heterocycles. The van der Waals surface area contributed by atoms with Crippen LogP contribution in [-0.2, 0) is 13.5 Å². The van der Waals surface area contributed by atoms with E-state index < -0.39 is 0 Å². The van der Waals surface area contributed by atoms with Gasteiger partial charge in [-0.2, -0.15) is 0 Å². The van der Waals surface area contributed by atoms with Gasteiger partial charge in [0.2, 0.25) is 0 Å². The summed E-state index contributed by atoms with van der Waals surface area (Å²) in [7, 11) is 2.01. The van der Waals surface area contributed by atoms with E-state index in [0.29, 0.717) is 0 Å². The first-order valence-corrected chi connectivity index (χ1v) is 6.46. The number of nitrogen functional groups attached to an aromatic ring is 1. The molecule has 3 aromatic rings. The van der Waals surface area contributed by atoms with Gasteiger partial charge in [-0.25, -0.2) is 4.98 Å². The highest BCUT2D eigenvalue weighted by atomic mass is 35.5. The van der Waals surface area contributed by atoms with Crippen LogP contribution in [0.25, 0.3) is 11.0 Å². The second-order valence-corrected chi connectivity index (χ2v) is 5.08. The average molecular weight is 272 g/mol. The number of nitrogens with two attached hydrogens (primary N) is 1. The second-order valence-electron chi connectivity index (χ2n) is 4.64. The maximum atomic E-state index is 6.02. The van der Waals surface area contributed by atoms with Crippen molar-refractivity contribution in [1.29, 1.82) is 0 Å². The van der Waals surface area contributed by atoms with Crippen LogP contribution in [0.1, 0.15) is 11.4 Å². The first-order chi connectivity index (χ1) is 9.13. The first kappa shape index (κ1) is 12.1. The van der Waals surface area contributed by atoms with Crippen molar-refractivity contribution in [1.82, 2.24) is 9.55 Å². The van der Waals surface area contributed by atoms with E-state index in [4.69, 9.17) is 17.3 Å². The Labute approximate surface area is 116 Å². The molecule has 0 saturated carbocycles. The summed E-state index contributed by atoms with van der Waals surface area (Å²) in [5.74, 6) is 1.00. The molecule has 0 bridgehead atoms. The zero-order chi connectivity index (χ0) is 13.4. The Balaban J connectivity index is 2.04. The highest BCUT2D eigenvalue weighted by molar-refractivity contribution is 6.31. The molecule has 4 heteroatoms. The molecule has 1 aromatic heterocycles. The SMILES string of the molecule is Cn1c(Cc2cccc(N)c2)nc2ccc(Cl)cc21. The first-order valence-electron chi connectivity index (χ1n) is 6.09. The molecule has 0 spiro atoms. The standard InChI is InChI=1S/C15H14ClN3/c1-19-14-9-11(16)5-6-13(14)18-15(19)8-10-3-2-4-12(17)7-10/h2-7,9H,8,17H2,1H3. The molecule has 1 heterocycles. The van der Waals surface area contributed by atoms with Crippen molar-refractivity contribution in [3.05, 3.63) is 58.9 Å². The monoisotopic (exact) mass is 271 g/mol. The number of nitrogens with zero attached hydrogens (tertiary/aromatic N) is 2. The summed E-state index contributed by atoms with van der Waals surface area (Å²) in [5.41, 5.74) is 9.75. The third kappa shape index (κ3) is 2.29. The lowest BCUT2D eigenvalue weighted by Gasteiger charge is -2.03. The van der Waals surface area contributed by atoms with Gasteiger partial charge in [0.25, 0.3) is 0 Å². The van der Waals surface area contributed by atoms with Crippen molar-refractivity contribution >= 4 is 28.3 Å². The van der Waals surface area contributed by atoms with Crippen molar-refractivity contribution < 1.29 is 0 Å². The average Bonchev–Trinajstić information content (AvgIpc) is 2.67. The van der Waals surface area contributed by atoms with Crippen LogP contribution in [0.2, 0.25) is 5.02 Å². The molecule has 0 aliphatic heterocycles. The smallest absolute Gasteiger partial charge is 0.114 e. The molecule has 19 heavy (non-hydrogen) atoms. The molecular weight excluding hydrogens is 258 g/mol. The third-order valence-electron chi connectivity index (χ3n) is 3.25. The fourth-order valence-corrected chi connectivity index (χ4v) is 2.42. The summed E-state index contributed by atoms with van der Waals surface area (Å²) >= 11 is 6.02. The van der Waals surface area contributed by atoms with Crippen molar-refractivity contribution in [3.63, 3.8) is 0 Å². The van der Waals surface area contributed by atoms with E-state index in [2.05, 4.69) is 15.6 Å². The number of aromatic nitrogens is 2. The molecule has 3 rings (SSSR count). The number of fused-ring (bicyclic) bond motifs is 1. The Hall–Kier alpha value is -2.00. The van der Waals surface area contributed by atoms with E-state index in [0.717, 1.165) is 39.6 Å². The Morgan fingerprint density at radius 1 is 1.21 bits per heavy atom. The van der Waals surface area contributed by atoms with Crippen molar-refractivity contribution in [2.45, 2.75) is 6.42 Å². The summed E-state index contributed by atoms with van der Waals surface area (Å²) in [6, 6.07) is 13.6. The number of benzene rings is 2. The summed E-state index contributed by atoms with van der Waals surface area (Å²) in [5, 5.41) is 0.728. The molecule has 0 unspecified atom stereocenters. The normalized spacial score (nSPS) is 11.1. The molecule has 2 aromatic carbocycles. The number of imidazole rings is 1. The van der Waals surface area contributed by atoms with Crippen LogP contribution in [0, 0.1) is 0 Å². The van der Waals surface area contributed by atoms with Crippen molar-refractivity contribution in [2.24, 2.45) is 7.05 Å². The predicted molar refractivity (Wildman–Crippen MR) is 79.4 cm³/mol. The zero-order valence-corrected chi connectivity index (χ0v) is 11.4. The number of halogens is 1. The van der Waals surface area contributed by atoms with Crippen LogP contribution in [0.5, 0.6) is 0 Å². The Morgan fingerprint density at radius 3 is 2.84 bits per heavy atom. The van der Waals surface area contributed by atoms with E-state index in [-0.39, 0.29) is 0 Å². The largest absolute Gasteiger partial charge is 0.399 e. The quantitative estimate of drug-likeness (QED) is 0.726. The Bertz CT molecular complexity index is 746. The minimum absolute atomic E-state index is 0.728. The fraction of sp³-hybridized carbons (Fsp3) is 0.133. The highest BCUT2D eigenvalue weighted by Gasteiger charge is 2.08. The van der Waals surface area contributed by atoms with Gasteiger partial charge in [0.05, 0.1) is 11.0 Å². The van der Waals surface area contributed by atoms with E-state index in [1.807, 2.05) is 43.4 Å². The zero-order valence-electron chi connectivity index (χ0n) is 10.6. The second kappa shape index (κ2) is 4.59. The lowest BCUT2D eigenvalue weighted by atomic mass is 10.1. The third-order valence-corrected chi connectivity index (χ3v) is 3.48. The maximum absolute atomic E-state index is 6.02. The van der Waals surface area contributed by atoms with Gasteiger partial charge < -0.3 is 10.3 Å². The molecule has 0 atom stereocenters. The molecule has 0 radical (unpaired) electrons. The van der Waals surface area contributed by atoms with Crippen LogP contribution in [-0.4, -0.2) is 9.55 Å². The van der Waals surface area contributed by atoms with Crippen molar-refractivity contribution in [2.75, 3.05) is 5.73 Å². The molecule has 0 aliphatic rings. The summed E-state index contributed by atoms with van der Waals surface area (Å²) in [6.45, 7) is 0. The minimum Gasteiger partial charge on any atom is -0.399 e. The number of hydrogen-bond donors (Lipinski definition) is 1. The molecule has 96 valence electrons. The van der Waals surface area contributed by atoms with Crippen molar-refractivity contribution in [3.8, 4) is 0 Å². The van der Waals surface area contributed by atoms with E-state index in [9.17, 15) is 0 Å². The molecule has 0 amide bonds. The number of aryl methyl sites for hydroxylation is 1. The van der Waals surface area contributed by atoms with Crippen LogP contribution >= 0.6 is 11.6 Å². The predicted octanol–water partition coefficient (Wildman–Crippen LogP) is 3.40. The van der Waals surface area contributed by atoms with Gasteiger partial charge in [0.15, 0.2) is 0 Å². The van der Waals surface area contributed by atoms with Crippen LogP contribution in [0.3, 0.4) is 0 Å². The van der Waals surface area contributed by atoms with Gasteiger partial charge >= 0.3 is 0 Å². The van der Waals surface area contributed by atoms with E-state index >= 15 is 0 Å². The van der Waals surface area contributed by atoms with Gasteiger partial charge in [0, 0.05) is 24.2 Å². The van der Waals surface area contributed by atoms with E-state index in [1.54, 1.807) is 0 Å². The molecule has 0 aliphatic carbocycles. The van der Waals surface area contributed by atoms with Gasteiger partial charge in [-0.1, -0.05) is 23.7 Å².